The zero-order chi connectivity index (χ0) is 11.1. The van der Waals surface area contributed by atoms with E-state index >= 15 is 0 Å². The van der Waals surface area contributed by atoms with E-state index in [-0.39, 0.29) is 17.9 Å². The Labute approximate surface area is 89.6 Å². The Kier molecular flexibility index (Phi) is 2.44. The fraction of sp³-hybridized carbons (Fsp3) is 0.818. The summed E-state index contributed by atoms with van der Waals surface area (Å²) in [5.41, 5.74) is -0.660. The van der Waals surface area contributed by atoms with Crippen molar-refractivity contribution in [1.29, 1.82) is 0 Å². The van der Waals surface area contributed by atoms with Crippen LogP contribution < -0.4 is 0 Å². The Balaban J connectivity index is 2.33. The maximum absolute atomic E-state index is 11.8. The summed E-state index contributed by atoms with van der Waals surface area (Å²) in [6.07, 6.45) is 3.84. The van der Waals surface area contributed by atoms with Crippen molar-refractivity contribution in [3.8, 4) is 0 Å². The lowest BCUT2D eigenvalue weighted by Gasteiger charge is -2.34. The number of methoxy groups -OCH3 is 1. The molecule has 0 saturated carbocycles. The molecule has 0 unspecified atom stereocenters. The highest BCUT2D eigenvalue weighted by Crippen LogP contribution is 2.43. The van der Waals surface area contributed by atoms with Gasteiger partial charge in [-0.3, -0.25) is 4.79 Å². The van der Waals surface area contributed by atoms with Crippen LogP contribution in [0.2, 0.25) is 0 Å². The number of amides is 1. The summed E-state index contributed by atoms with van der Waals surface area (Å²) < 4.78 is 4.85. The van der Waals surface area contributed by atoms with Crippen LogP contribution in [-0.4, -0.2) is 35.5 Å². The molecule has 2 aliphatic heterocycles. The van der Waals surface area contributed by atoms with Gasteiger partial charge in [0.2, 0.25) is 5.91 Å². The Bertz CT molecular complexity index is 302. The van der Waals surface area contributed by atoms with Gasteiger partial charge in [0.1, 0.15) is 5.54 Å². The predicted molar refractivity (Wildman–Crippen MR) is 54.1 cm³/mol. The van der Waals surface area contributed by atoms with Gasteiger partial charge >= 0.3 is 5.97 Å². The molecule has 0 aliphatic carbocycles. The second-order valence-electron chi connectivity index (χ2n) is 4.37. The quantitative estimate of drug-likeness (QED) is 0.642. The monoisotopic (exact) mass is 211 g/mol. The topological polar surface area (TPSA) is 46.6 Å². The van der Waals surface area contributed by atoms with Gasteiger partial charge in [0, 0.05) is 12.5 Å². The smallest absolute Gasteiger partial charge is 0.331 e. The standard InChI is InChI=1S/C11H17NO3/c1-3-11(10(14)15-2)7-6-8-4-5-9(13)12(8)11/h8H,3-7H2,1-2H3/t8-,11+/m0/s1. The van der Waals surface area contributed by atoms with Crippen LogP contribution in [0.3, 0.4) is 0 Å². The van der Waals surface area contributed by atoms with Gasteiger partial charge in [0.15, 0.2) is 0 Å². The van der Waals surface area contributed by atoms with Crippen molar-refractivity contribution in [2.24, 2.45) is 0 Å². The Morgan fingerprint density at radius 1 is 1.60 bits per heavy atom. The van der Waals surface area contributed by atoms with E-state index in [9.17, 15) is 9.59 Å². The zero-order valence-electron chi connectivity index (χ0n) is 9.28. The normalized spacial score (nSPS) is 34.4. The number of fused-ring (bicyclic) bond motifs is 1. The van der Waals surface area contributed by atoms with Gasteiger partial charge in [-0.25, -0.2) is 4.79 Å². The first-order valence-electron chi connectivity index (χ1n) is 5.56. The van der Waals surface area contributed by atoms with Crippen molar-refractivity contribution in [2.75, 3.05) is 7.11 Å². The van der Waals surface area contributed by atoms with Crippen molar-refractivity contribution in [3.63, 3.8) is 0 Å². The zero-order valence-corrected chi connectivity index (χ0v) is 9.28. The second kappa shape index (κ2) is 3.51. The molecule has 2 aliphatic rings. The molecule has 4 heteroatoms. The van der Waals surface area contributed by atoms with E-state index in [1.807, 2.05) is 6.92 Å². The van der Waals surface area contributed by atoms with Gasteiger partial charge in [-0.05, 0) is 25.7 Å². The van der Waals surface area contributed by atoms with Crippen LogP contribution in [0, 0.1) is 0 Å². The van der Waals surface area contributed by atoms with E-state index in [1.165, 1.54) is 7.11 Å². The number of ether oxygens (including phenoxy) is 1. The van der Waals surface area contributed by atoms with Crippen molar-refractivity contribution < 1.29 is 14.3 Å². The molecule has 0 aromatic carbocycles. The van der Waals surface area contributed by atoms with E-state index in [1.54, 1.807) is 4.90 Å². The van der Waals surface area contributed by atoms with Crippen molar-refractivity contribution in [2.45, 2.75) is 50.6 Å². The van der Waals surface area contributed by atoms with Crippen molar-refractivity contribution in [3.05, 3.63) is 0 Å². The molecule has 0 spiro atoms. The molecule has 0 aromatic rings. The molecule has 0 N–H and O–H groups in total. The lowest BCUT2D eigenvalue weighted by atomic mass is 9.92. The summed E-state index contributed by atoms with van der Waals surface area (Å²) in [4.78, 5) is 25.4. The number of hydrogen-bond donors (Lipinski definition) is 0. The lowest BCUT2D eigenvalue weighted by molar-refractivity contribution is -0.159. The first-order valence-corrected chi connectivity index (χ1v) is 5.56. The molecule has 2 fully saturated rings. The minimum atomic E-state index is -0.660. The molecule has 4 nitrogen and oxygen atoms in total. The third kappa shape index (κ3) is 1.27. The van der Waals surface area contributed by atoms with Crippen LogP contribution >= 0.6 is 0 Å². The number of rotatable bonds is 2. The molecule has 2 rings (SSSR count). The average molecular weight is 211 g/mol. The van der Waals surface area contributed by atoms with Crippen LogP contribution in [-0.2, 0) is 14.3 Å². The summed E-state index contributed by atoms with van der Waals surface area (Å²) in [5, 5.41) is 0. The summed E-state index contributed by atoms with van der Waals surface area (Å²) in [6, 6.07) is 0.275. The summed E-state index contributed by atoms with van der Waals surface area (Å²) in [5.74, 6) is -0.132. The fourth-order valence-corrected chi connectivity index (χ4v) is 3.01. The Hall–Kier alpha value is -1.06. The summed E-state index contributed by atoms with van der Waals surface area (Å²) >= 11 is 0. The van der Waals surface area contributed by atoms with E-state index in [4.69, 9.17) is 4.74 Å². The number of carbonyl (C=O) groups is 2. The van der Waals surface area contributed by atoms with E-state index in [2.05, 4.69) is 0 Å². The molecule has 2 saturated heterocycles. The van der Waals surface area contributed by atoms with Crippen LogP contribution in [0.5, 0.6) is 0 Å². The molecule has 0 aromatic heterocycles. The van der Waals surface area contributed by atoms with Crippen molar-refractivity contribution >= 4 is 11.9 Å². The highest BCUT2D eigenvalue weighted by atomic mass is 16.5. The largest absolute Gasteiger partial charge is 0.467 e. The highest BCUT2D eigenvalue weighted by molar-refractivity contribution is 5.90. The maximum Gasteiger partial charge on any atom is 0.331 e. The fourth-order valence-electron chi connectivity index (χ4n) is 3.01. The number of nitrogens with zero attached hydrogens (tertiary/aromatic N) is 1. The van der Waals surface area contributed by atoms with E-state index < -0.39 is 5.54 Å². The average Bonchev–Trinajstić information content (AvgIpc) is 2.80. The Morgan fingerprint density at radius 2 is 2.33 bits per heavy atom. The highest BCUT2D eigenvalue weighted by Gasteiger charge is 2.55. The van der Waals surface area contributed by atoms with Gasteiger partial charge in [0.25, 0.3) is 0 Å². The molecular weight excluding hydrogens is 194 g/mol. The first-order chi connectivity index (χ1) is 7.15. The van der Waals surface area contributed by atoms with Crippen LogP contribution in [0.25, 0.3) is 0 Å². The SMILES string of the molecule is CC[C@]1(C(=O)OC)CC[C@@H]2CCC(=O)N21. The van der Waals surface area contributed by atoms with E-state index in [0.717, 1.165) is 19.3 Å². The van der Waals surface area contributed by atoms with Gasteiger partial charge in [0.05, 0.1) is 7.11 Å². The molecule has 1 amide bonds. The molecule has 0 radical (unpaired) electrons. The van der Waals surface area contributed by atoms with Gasteiger partial charge in [-0.1, -0.05) is 6.92 Å². The third-order valence-electron chi connectivity index (χ3n) is 3.83. The molecule has 84 valence electrons. The predicted octanol–water partition coefficient (Wildman–Crippen LogP) is 1.09. The minimum absolute atomic E-state index is 0.116. The molecule has 2 heterocycles. The van der Waals surface area contributed by atoms with Gasteiger partial charge < -0.3 is 9.64 Å². The molecular formula is C11H17NO3. The number of esters is 1. The van der Waals surface area contributed by atoms with Crippen LogP contribution in [0.15, 0.2) is 0 Å². The molecule has 2 atom stereocenters. The van der Waals surface area contributed by atoms with Crippen molar-refractivity contribution in [1.82, 2.24) is 4.90 Å². The minimum Gasteiger partial charge on any atom is -0.467 e. The van der Waals surface area contributed by atoms with Gasteiger partial charge in [-0.2, -0.15) is 0 Å². The van der Waals surface area contributed by atoms with E-state index in [0.29, 0.717) is 12.8 Å². The summed E-state index contributed by atoms with van der Waals surface area (Å²) in [7, 11) is 1.40. The van der Waals surface area contributed by atoms with Crippen LogP contribution in [0.1, 0.15) is 39.0 Å². The number of hydrogen-bond acceptors (Lipinski definition) is 3. The lowest BCUT2D eigenvalue weighted by Crippen LogP contribution is -2.53. The third-order valence-corrected chi connectivity index (χ3v) is 3.83. The first kappa shape index (κ1) is 10.5. The summed E-state index contributed by atoms with van der Waals surface area (Å²) in [6.45, 7) is 1.95. The molecule has 0 bridgehead atoms. The molecule has 15 heavy (non-hydrogen) atoms. The maximum atomic E-state index is 11.8. The van der Waals surface area contributed by atoms with Gasteiger partial charge in [-0.15, -0.1) is 0 Å². The second-order valence-corrected chi connectivity index (χ2v) is 4.37. The van der Waals surface area contributed by atoms with Crippen LogP contribution in [0.4, 0.5) is 0 Å². The Morgan fingerprint density at radius 3 is 2.93 bits per heavy atom. The number of carbonyl (C=O) groups excluding carboxylic acids is 2.